The smallest absolute Gasteiger partial charge is 0.456 e. The van der Waals surface area contributed by atoms with Crippen molar-refractivity contribution in [1.82, 2.24) is 0 Å². The lowest BCUT2D eigenvalue weighted by Crippen LogP contribution is -2.55. The summed E-state index contributed by atoms with van der Waals surface area (Å²) in [5, 5.41) is 4.38. The molecule has 1 N–H and O–H groups in total. The van der Waals surface area contributed by atoms with Crippen LogP contribution in [0.15, 0.2) is 0 Å². The summed E-state index contributed by atoms with van der Waals surface area (Å²) in [5.74, 6) is -2.31. The van der Waals surface area contributed by atoms with E-state index in [9.17, 15) is 27.3 Å². The fraction of sp³-hybridized carbons (Fsp3) is 0.846. The quantitative estimate of drug-likeness (QED) is 0.622. The van der Waals surface area contributed by atoms with Crippen molar-refractivity contribution in [2.24, 2.45) is 23.2 Å². The van der Waals surface area contributed by atoms with E-state index in [0.29, 0.717) is 31.6 Å². The molecule has 6 nitrogen and oxygen atoms in total. The Morgan fingerprint density at radius 3 is 2.27 bits per heavy atom. The van der Waals surface area contributed by atoms with Crippen LogP contribution in [0.3, 0.4) is 0 Å². The Bertz CT molecular complexity index is 640. The minimum atomic E-state index is -5.85. The predicted molar refractivity (Wildman–Crippen MR) is 68.0 cm³/mol. The highest BCUT2D eigenvalue weighted by atomic mass is 32.2. The summed E-state index contributed by atoms with van der Waals surface area (Å²) in [6.45, 7) is 0. The van der Waals surface area contributed by atoms with Gasteiger partial charge in [-0.25, -0.2) is 4.79 Å². The molecule has 0 saturated heterocycles. The van der Waals surface area contributed by atoms with Crippen molar-refractivity contribution in [2.75, 3.05) is 0 Å². The van der Waals surface area contributed by atoms with Gasteiger partial charge in [-0.1, -0.05) is 0 Å². The molecular weight excluding hydrogens is 320 g/mol. The Kier molecular flexibility index (Phi) is 3.28. The van der Waals surface area contributed by atoms with Crippen LogP contribution >= 0.6 is 0 Å². The molecule has 22 heavy (non-hydrogen) atoms. The SMILES string of the molecule is N#CC12CC3CC(C1)C(OC(=O)C(F)(F)S(=O)(=O)O)C(C3)C2. The van der Waals surface area contributed by atoms with Gasteiger partial charge in [0.25, 0.3) is 0 Å². The minimum absolute atomic E-state index is 0.202. The molecule has 122 valence electrons. The molecule has 4 saturated carbocycles. The highest BCUT2D eigenvalue weighted by Gasteiger charge is 2.60. The van der Waals surface area contributed by atoms with Crippen molar-refractivity contribution in [1.29, 1.82) is 5.26 Å². The lowest BCUT2D eigenvalue weighted by atomic mass is 9.49. The summed E-state index contributed by atoms with van der Waals surface area (Å²) in [7, 11) is -5.85. The molecule has 2 unspecified atom stereocenters. The molecular formula is C13H15F2NO5S. The standard InChI is InChI=1S/C13H15F2NO5S/c14-13(15,22(18,19)20)11(17)21-10-8-1-7-2-9(10)5-12(3-7,4-8)6-16/h7-10H,1-5H2,(H,18,19,20). The van der Waals surface area contributed by atoms with Gasteiger partial charge in [0, 0.05) is 0 Å². The second kappa shape index (κ2) is 4.61. The monoisotopic (exact) mass is 335 g/mol. The first-order valence-corrected chi connectivity index (χ1v) is 8.49. The second-order valence-electron chi connectivity index (χ2n) is 6.72. The van der Waals surface area contributed by atoms with Crippen LogP contribution in [0.4, 0.5) is 8.78 Å². The van der Waals surface area contributed by atoms with Crippen molar-refractivity contribution in [3.8, 4) is 6.07 Å². The Morgan fingerprint density at radius 2 is 1.82 bits per heavy atom. The Hall–Kier alpha value is -1.27. The van der Waals surface area contributed by atoms with Crippen LogP contribution in [0.2, 0.25) is 0 Å². The van der Waals surface area contributed by atoms with Gasteiger partial charge >= 0.3 is 21.3 Å². The van der Waals surface area contributed by atoms with E-state index >= 15 is 0 Å². The fourth-order valence-corrected chi connectivity index (χ4v) is 4.86. The van der Waals surface area contributed by atoms with E-state index in [-0.39, 0.29) is 11.8 Å². The van der Waals surface area contributed by atoms with E-state index in [1.807, 2.05) is 0 Å². The van der Waals surface area contributed by atoms with Crippen LogP contribution in [-0.2, 0) is 19.6 Å². The number of carbonyl (C=O) groups excluding carboxylic acids is 1. The number of hydrogen-bond acceptors (Lipinski definition) is 5. The molecule has 4 rings (SSSR count). The lowest BCUT2D eigenvalue weighted by molar-refractivity contribution is -0.190. The number of esters is 1. The van der Waals surface area contributed by atoms with Gasteiger partial charge in [0.1, 0.15) is 6.10 Å². The van der Waals surface area contributed by atoms with Gasteiger partial charge in [0.15, 0.2) is 0 Å². The summed E-state index contributed by atoms with van der Waals surface area (Å²) in [5.41, 5.74) is -0.467. The number of carbonyl (C=O) groups is 1. The Morgan fingerprint density at radius 1 is 1.27 bits per heavy atom. The Balaban J connectivity index is 1.79. The average Bonchev–Trinajstić information content (AvgIpc) is 2.40. The van der Waals surface area contributed by atoms with Crippen molar-refractivity contribution in [2.45, 2.75) is 43.5 Å². The third-order valence-corrected chi connectivity index (χ3v) is 6.04. The van der Waals surface area contributed by atoms with Gasteiger partial charge < -0.3 is 4.74 Å². The van der Waals surface area contributed by atoms with E-state index in [1.165, 1.54) is 0 Å². The predicted octanol–water partition coefficient (Wildman–Crippen LogP) is 1.73. The van der Waals surface area contributed by atoms with E-state index < -0.39 is 32.9 Å². The highest BCUT2D eigenvalue weighted by molar-refractivity contribution is 7.87. The molecule has 0 spiro atoms. The number of ether oxygens (including phenoxy) is 1. The van der Waals surface area contributed by atoms with Crippen LogP contribution in [0.1, 0.15) is 32.1 Å². The van der Waals surface area contributed by atoms with Gasteiger partial charge in [0.2, 0.25) is 0 Å². The molecule has 2 atom stereocenters. The summed E-state index contributed by atoms with van der Waals surface area (Å²) in [4.78, 5) is 11.5. The zero-order valence-corrected chi connectivity index (χ0v) is 12.4. The molecule has 0 aromatic heterocycles. The van der Waals surface area contributed by atoms with Crippen LogP contribution in [-0.4, -0.2) is 30.3 Å². The molecule has 9 heteroatoms. The number of alkyl halides is 2. The molecule has 4 aliphatic rings. The third kappa shape index (κ3) is 2.20. The van der Waals surface area contributed by atoms with Crippen molar-refractivity contribution in [3.63, 3.8) is 0 Å². The number of hydrogen-bond donors (Lipinski definition) is 1. The maximum atomic E-state index is 13.3. The maximum absolute atomic E-state index is 13.3. The van der Waals surface area contributed by atoms with Gasteiger partial charge in [-0.2, -0.15) is 22.5 Å². The average molecular weight is 335 g/mol. The topological polar surface area (TPSA) is 104 Å². The molecule has 4 fully saturated rings. The van der Waals surface area contributed by atoms with Crippen molar-refractivity contribution in [3.05, 3.63) is 0 Å². The first-order valence-electron chi connectivity index (χ1n) is 7.05. The Labute approximate surface area is 126 Å². The molecule has 0 radical (unpaired) electrons. The minimum Gasteiger partial charge on any atom is -0.456 e. The molecule has 0 aromatic carbocycles. The summed E-state index contributed by atoms with van der Waals surface area (Å²) >= 11 is 0. The van der Waals surface area contributed by atoms with Gasteiger partial charge in [-0.05, 0) is 49.9 Å². The van der Waals surface area contributed by atoms with Crippen molar-refractivity contribution < 1.29 is 31.3 Å². The number of rotatable bonds is 3. The maximum Gasteiger partial charge on any atom is 0.465 e. The molecule has 0 aliphatic heterocycles. The first kappa shape index (κ1) is 15.6. The first-order chi connectivity index (χ1) is 10.1. The van der Waals surface area contributed by atoms with Gasteiger partial charge in [-0.3, -0.25) is 4.55 Å². The van der Waals surface area contributed by atoms with Gasteiger partial charge in [-0.15, -0.1) is 0 Å². The van der Waals surface area contributed by atoms with E-state index in [2.05, 4.69) is 6.07 Å². The largest absolute Gasteiger partial charge is 0.465 e. The normalized spacial score (nSPS) is 40.3. The lowest BCUT2D eigenvalue weighted by Gasteiger charge is -2.56. The van der Waals surface area contributed by atoms with Gasteiger partial charge in [0.05, 0.1) is 11.5 Å². The molecule has 0 aromatic rings. The zero-order chi connectivity index (χ0) is 16.3. The molecule has 0 heterocycles. The van der Waals surface area contributed by atoms with Crippen LogP contribution in [0, 0.1) is 34.5 Å². The molecule has 4 aliphatic carbocycles. The zero-order valence-electron chi connectivity index (χ0n) is 11.5. The van der Waals surface area contributed by atoms with E-state index in [1.54, 1.807) is 0 Å². The summed E-state index contributed by atoms with van der Waals surface area (Å²) in [6.07, 6.45) is 2.32. The van der Waals surface area contributed by atoms with Crippen LogP contribution in [0.5, 0.6) is 0 Å². The fourth-order valence-electron chi connectivity index (χ4n) is 4.60. The van der Waals surface area contributed by atoms with Crippen LogP contribution in [0.25, 0.3) is 0 Å². The highest BCUT2D eigenvalue weighted by Crippen LogP contribution is 2.60. The summed E-state index contributed by atoms with van der Waals surface area (Å²) < 4.78 is 61.1. The second-order valence-corrected chi connectivity index (χ2v) is 8.19. The number of nitriles is 1. The molecule has 0 amide bonds. The third-order valence-electron chi connectivity index (χ3n) is 5.23. The number of halogens is 2. The van der Waals surface area contributed by atoms with E-state index in [0.717, 1.165) is 6.42 Å². The van der Waals surface area contributed by atoms with Crippen molar-refractivity contribution >= 4 is 16.1 Å². The summed E-state index contributed by atoms with van der Waals surface area (Å²) in [6, 6.07) is 2.31. The van der Waals surface area contributed by atoms with Crippen LogP contribution < -0.4 is 0 Å². The van der Waals surface area contributed by atoms with E-state index in [4.69, 9.17) is 9.29 Å². The molecule has 4 bridgehead atoms. The number of nitrogens with zero attached hydrogens (tertiary/aromatic N) is 1.